The molecule has 116 valence electrons. The molecule has 0 bridgehead atoms. The van der Waals surface area contributed by atoms with Gasteiger partial charge in [0.25, 0.3) is 5.91 Å². The van der Waals surface area contributed by atoms with Gasteiger partial charge in [-0.2, -0.15) is 10.1 Å². The lowest BCUT2D eigenvalue weighted by Gasteiger charge is -2.11. The van der Waals surface area contributed by atoms with E-state index in [1.807, 2.05) is 61.5 Å². The van der Waals surface area contributed by atoms with Crippen molar-refractivity contribution < 1.29 is 9.53 Å². The Morgan fingerprint density at radius 2 is 1.74 bits per heavy atom. The molecule has 0 aliphatic carbocycles. The second kappa shape index (κ2) is 6.54. The van der Waals surface area contributed by atoms with Gasteiger partial charge in [-0.15, -0.1) is 0 Å². The number of carbonyl (C=O) groups is 1. The number of carbonyl (C=O) groups excluding carboxylic acids is 1. The SMILES string of the molecule is COc1ccc(/C=C2/C(=O)N(c3ccc(I)cc3)N=C2C)cc1. The van der Waals surface area contributed by atoms with E-state index in [1.165, 1.54) is 5.01 Å². The van der Waals surface area contributed by atoms with Crippen LogP contribution in [0.15, 0.2) is 59.2 Å². The number of halogens is 1. The van der Waals surface area contributed by atoms with Crippen LogP contribution in [-0.4, -0.2) is 18.7 Å². The van der Waals surface area contributed by atoms with E-state index in [4.69, 9.17) is 4.74 Å². The molecule has 0 N–H and O–H groups in total. The predicted octanol–water partition coefficient (Wildman–Crippen LogP) is 4.11. The minimum atomic E-state index is -0.112. The number of methoxy groups -OCH3 is 1. The molecule has 0 spiro atoms. The molecule has 2 aromatic carbocycles. The van der Waals surface area contributed by atoms with Crippen LogP contribution in [0.1, 0.15) is 12.5 Å². The molecule has 1 heterocycles. The summed E-state index contributed by atoms with van der Waals surface area (Å²) in [6.45, 7) is 1.85. The quantitative estimate of drug-likeness (QED) is 0.557. The first-order chi connectivity index (χ1) is 11.1. The minimum Gasteiger partial charge on any atom is -0.497 e. The lowest BCUT2D eigenvalue weighted by molar-refractivity contribution is -0.114. The summed E-state index contributed by atoms with van der Waals surface area (Å²) in [5, 5.41) is 5.83. The highest BCUT2D eigenvalue weighted by molar-refractivity contribution is 14.1. The average Bonchev–Trinajstić information content (AvgIpc) is 2.84. The molecule has 1 aliphatic heterocycles. The lowest BCUT2D eigenvalue weighted by atomic mass is 10.1. The van der Waals surface area contributed by atoms with E-state index in [0.717, 1.165) is 20.6 Å². The fraction of sp³-hybridized carbons (Fsp3) is 0.111. The fourth-order valence-electron chi connectivity index (χ4n) is 2.31. The maximum atomic E-state index is 12.6. The normalized spacial score (nSPS) is 16.0. The van der Waals surface area contributed by atoms with Crippen LogP contribution in [0.4, 0.5) is 5.69 Å². The number of amides is 1. The van der Waals surface area contributed by atoms with Crippen molar-refractivity contribution in [2.24, 2.45) is 5.10 Å². The van der Waals surface area contributed by atoms with Crippen molar-refractivity contribution in [3.8, 4) is 5.75 Å². The van der Waals surface area contributed by atoms with Crippen molar-refractivity contribution in [1.82, 2.24) is 0 Å². The zero-order valence-electron chi connectivity index (χ0n) is 12.8. The molecule has 0 saturated heterocycles. The Morgan fingerprint density at radius 1 is 1.09 bits per heavy atom. The topological polar surface area (TPSA) is 41.9 Å². The smallest absolute Gasteiger partial charge is 0.280 e. The number of hydrogen-bond acceptors (Lipinski definition) is 3. The van der Waals surface area contributed by atoms with Crippen molar-refractivity contribution in [1.29, 1.82) is 0 Å². The summed E-state index contributed by atoms with van der Waals surface area (Å²) in [5.41, 5.74) is 3.03. The van der Waals surface area contributed by atoms with Gasteiger partial charge in [0, 0.05) is 3.57 Å². The van der Waals surface area contributed by atoms with Gasteiger partial charge >= 0.3 is 0 Å². The van der Waals surface area contributed by atoms with Gasteiger partial charge in [-0.25, -0.2) is 0 Å². The standard InChI is InChI=1S/C18H15IN2O2/c1-12-17(11-13-3-9-16(23-2)10-4-13)18(22)21(20-12)15-7-5-14(19)6-8-15/h3-11H,1-2H3/b17-11+. The first-order valence-corrected chi connectivity index (χ1v) is 8.18. The number of nitrogens with zero attached hydrogens (tertiary/aromatic N) is 2. The Morgan fingerprint density at radius 3 is 2.35 bits per heavy atom. The summed E-state index contributed by atoms with van der Waals surface area (Å²) < 4.78 is 6.26. The number of benzene rings is 2. The molecular formula is C18H15IN2O2. The van der Waals surface area contributed by atoms with Gasteiger partial charge in [0.2, 0.25) is 0 Å². The molecule has 0 unspecified atom stereocenters. The van der Waals surface area contributed by atoms with Crippen LogP contribution in [0.25, 0.3) is 6.08 Å². The molecule has 23 heavy (non-hydrogen) atoms. The Hall–Kier alpha value is -2.15. The van der Waals surface area contributed by atoms with Gasteiger partial charge in [-0.1, -0.05) is 12.1 Å². The monoisotopic (exact) mass is 418 g/mol. The molecule has 5 heteroatoms. The van der Waals surface area contributed by atoms with E-state index in [-0.39, 0.29) is 5.91 Å². The van der Waals surface area contributed by atoms with E-state index >= 15 is 0 Å². The first kappa shape index (κ1) is 15.7. The molecule has 1 aliphatic rings. The Bertz CT molecular complexity index is 793. The molecular weight excluding hydrogens is 403 g/mol. The molecule has 2 aromatic rings. The van der Waals surface area contributed by atoms with Crippen molar-refractivity contribution >= 4 is 46.0 Å². The van der Waals surface area contributed by atoms with Crippen molar-refractivity contribution in [3.63, 3.8) is 0 Å². The predicted molar refractivity (Wildman–Crippen MR) is 101 cm³/mol. The van der Waals surface area contributed by atoms with Crippen molar-refractivity contribution in [3.05, 3.63) is 63.2 Å². The highest BCUT2D eigenvalue weighted by Gasteiger charge is 2.28. The highest BCUT2D eigenvalue weighted by atomic mass is 127. The fourth-order valence-corrected chi connectivity index (χ4v) is 2.67. The van der Waals surface area contributed by atoms with E-state index in [1.54, 1.807) is 7.11 Å². The molecule has 0 fully saturated rings. The third-order valence-corrected chi connectivity index (χ3v) is 4.28. The van der Waals surface area contributed by atoms with Gasteiger partial charge in [-0.3, -0.25) is 4.79 Å². The van der Waals surface area contributed by atoms with Gasteiger partial charge in [0.15, 0.2) is 0 Å². The minimum absolute atomic E-state index is 0.112. The van der Waals surface area contributed by atoms with E-state index < -0.39 is 0 Å². The van der Waals surface area contributed by atoms with Crippen LogP contribution in [0.5, 0.6) is 5.75 Å². The summed E-state index contributed by atoms with van der Waals surface area (Å²) in [5.74, 6) is 0.676. The molecule has 0 aromatic heterocycles. The van der Waals surface area contributed by atoms with Crippen LogP contribution in [0.2, 0.25) is 0 Å². The van der Waals surface area contributed by atoms with Crippen molar-refractivity contribution in [2.75, 3.05) is 12.1 Å². The maximum absolute atomic E-state index is 12.6. The molecule has 0 saturated carbocycles. The summed E-state index contributed by atoms with van der Waals surface area (Å²) in [4.78, 5) is 12.6. The van der Waals surface area contributed by atoms with Gasteiger partial charge in [-0.05, 0) is 77.6 Å². The summed E-state index contributed by atoms with van der Waals surface area (Å²) in [6.07, 6.45) is 1.85. The average molecular weight is 418 g/mol. The van der Waals surface area contributed by atoms with E-state index in [0.29, 0.717) is 11.3 Å². The summed E-state index contributed by atoms with van der Waals surface area (Å²) in [6, 6.07) is 15.3. The van der Waals surface area contributed by atoms with Crippen LogP contribution in [0.3, 0.4) is 0 Å². The molecule has 1 amide bonds. The van der Waals surface area contributed by atoms with Gasteiger partial charge < -0.3 is 4.74 Å². The number of hydrazone groups is 1. The van der Waals surface area contributed by atoms with Crippen LogP contribution in [-0.2, 0) is 4.79 Å². The van der Waals surface area contributed by atoms with Crippen molar-refractivity contribution in [2.45, 2.75) is 6.92 Å². The number of ether oxygens (including phenoxy) is 1. The number of hydrogen-bond donors (Lipinski definition) is 0. The second-order valence-corrected chi connectivity index (χ2v) is 6.36. The molecule has 0 radical (unpaired) electrons. The van der Waals surface area contributed by atoms with Crippen LogP contribution < -0.4 is 9.75 Å². The number of rotatable bonds is 3. The molecule has 3 rings (SSSR count). The highest BCUT2D eigenvalue weighted by Crippen LogP contribution is 2.26. The number of anilines is 1. The zero-order valence-corrected chi connectivity index (χ0v) is 14.9. The third-order valence-electron chi connectivity index (χ3n) is 3.56. The zero-order chi connectivity index (χ0) is 16.4. The summed E-state index contributed by atoms with van der Waals surface area (Å²) in [7, 11) is 1.63. The Labute approximate surface area is 148 Å². The Kier molecular flexibility index (Phi) is 4.47. The maximum Gasteiger partial charge on any atom is 0.280 e. The lowest BCUT2D eigenvalue weighted by Crippen LogP contribution is -2.21. The van der Waals surface area contributed by atoms with E-state index in [2.05, 4.69) is 27.7 Å². The Balaban J connectivity index is 1.89. The van der Waals surface area contributed by atoms with Gasteiger partial charge in [0.05, 0.1) is 24.1 Å². The molecule has 4 nitrogen and oxygen atoms in total. The second-order valence-electron chi connectivity index (χ2n) is 5.11. The third kappa shape index (κ3) is 3.29. The van der Waals surface area contributed by atoms with Crippen LogP contribution in [0, 0.1) is 3.57 Å². The molecule has 0 atom stereocenters. The summed E-state index contributed by atoms with van der Waals surface area (Å²) >= 11 is 2.23. The largest absolute Gasteiger partial charge is 0.497 e. The first-order valence-electron chi connectivity index (χ1n) is 7.10. The van der Waals surface area contributed by atoms with Gasteiger partial charge in [0.1, 0.15) is 5.75 Å². The van der Waals surface area contributed by atoms with Crippen LogP contribution >= 0.6 is 22.6 Å². The van der Waals surface area contributed by atoms with E-state index in [9.17, 15) is 4.79 Å².